The number of thiophene rings is 1. The van der Waals surface area contributed by atoms with Crippen LogP contribution in [0.2, 0.25) is 0 Å². The van der Waals surface area contributed by atoms with Gasteiger partial charge in [-0.05, 0) is 45.0 Å². The van der Waals surface area contributed by atoms with Gasteiger partial charge < -0.3 is 9.30 Å². The van der Waals surface area contributed by atoms with E-state index < -0.39 is 0 Å². The van der Waals surface area contributed by atoms with Crippen LogP contribution in [0.25, 0.3) is 10.2 Å². The van der Waals surface area contributed by atoms with Gasteiger partial charge in [0, 0.05) is 29.9 Å². The lowest BCUT2D eigenvalue weighted by Gasteiger charge is -2.25. The summed E-state index contributed by atoms with van der Waals surface area (Å²) in [5.41, 5.74) is 1.26. The van der Waals surface area contributed by atoms with Gasteiger partial charge in [0.2, 0.25) is 0 Å². The van der Waals surface area contributed by atoms with Crippen molar-refractivity contribution in [3.05, 3.63) is 22.1 Å². The van der Waals surface area contributed by atoms with Crippen molar-refractivity contribution in [2.75, 3.05) is 26.3 Å². The normalized spacial score (nSPS) is 15.7. The monoisotopic (exact) mass is 404 g/mol. The van der Waals surface area contributed by atoms with E-state index >= 15 is 0 Å². The quantitative estimate of drug-likeness (QED) is 0.605. The number of aryl methyl sites for hydroxylation is 3. The summed E-state index contributed by atoms with van der Waals surface area (Å²) in [6.07, 6.45) is 0. The van der Waals surface area contributed by atoms with Crippen LogP contribution < -0.4 is 0 Å². The van der Waals surface area contributed by atoms with Crippen molar-refractivity contribution >= 4 is 33.3 Å². The number of hydrogen-bond acceptors (Lipinski definition) is 8. The highest BCUT2D eigenvalue weighted by atomic mass is 32.2. The highest BCUT2D eigenvalue weighted by Gasteiger charge is 2.20. The molecule has 1 fully saturated rings. The van der Waals surface area contributed by atoms with Gasteiger partial charge in [0.15, 0.2) is 5.16 Å². The molecule has 0 radical (unpaired) electrons. The number of aromatic nitrogens is 5. The van der Waals surface area contributed by atoms with Gasteiger partial charge >= 0.3 is 0 Å². The predicted molar refractivity (Wildman–Crippen MR) is 108 cm³/mol. The number of fused-ring (bicyclic) bond motifs is 1. The molecule has 0 N–H and O–H groups in total. The molecule has 3 aromatic heterocycles. The zero-order valence-corrected chi connectivity index (χ0v) is 17.8. The molecule has 0 bridgehead atoms. The Kier molecular flexibility index (Phi) is 5.45. The van der Waals surface area contributed by atoms with E-state index in [9.17, 15) is 0 Å². The molecule has 0 saturated carbocycles. The first-order valence-electron chi connectivity index (χ1n) is 9.21. The van der Waals surface area contributed by atoms with Gasteiger partial charge in [-0.15, -0.1) is 21.5 Å². The van der Waals surface area contributed by atoms with Gasteiger partial charge in [-0.25, -0.2) is 9.97 Å². The van der Waals surface area contributed by atoms with Crippen LogP contribution in [-0.4, -0.2) is 55.9 Å². The highest BCUT2D eigenvalue weighted by molar-refractivity contribution is 7.99. The third-order valence-electron chi connectivity index (χ3n) is 4.92. The Bertz CT molecular complexity index is 961. The fourth-order valence-electron chi connectivity index (χ4n) is 3.25. The molecular formula is C18H24N6OS2. The van der Waals surface area contributed by atoms with Crippen molar-refractivity contribution in [3.8, 4) is 0 Å². The Hall–Kier alpha value is -1.55. The molecule has 4 rings (SSSR count). The molecule has 1 aliphatic heterocycles. The second kappa shape index (κ2) is 7.83. The molecule has 9 heteroatoms. The average molecular weight is 405 g/mol. The number of morpholine rings is 1. The molecule has 0 amide bonds. The van der Waals surface area contributed by atoms with Crippen molar-refractivity contribution in [1.82, 2.24) is 29.6 Å². The Labute approximate surface area is 167 Å². The summed E-state index contributed by atoms with van der Waals surface area (Å²) in [6.45, 7) is 13.4. The molecule has 7 nitrogen and oxygen atoms in total. The molecule has 144 valence electrons. The van der Waals surface area contributed by atoms with Crippen molar-refractivity contribution in [1.29, 1.82) is 0 Å². The van der Waals surface area contributed by atoms with E-state index in [2.05, 4.69) is 40.4 Å². The standard InChI is InChI=1S/C18H24N6OS2/c1-5-24-13(4)21-22-18(24)27-17-15-11(2)12(3)26-16(15)19-14(20-17)10-23-6-8-25-9-7-23/h5-10H2,1-4H3. The van der Waals surface area contributed by atoms with E-state index in [0.29, 0.717) is 0 Å². The maximum absolute atomic E-state index is 5.45. The summed E-state index contributed by atoms with van der Waals surface area (Å²) in [4.78, 5) is 14.5. The SMILES string of the molecule is CCn1c(C)nnc1Sc1nc(CN2CCOCC2)nc2sc(C)c(C)c12. The van der Waals surface area contributed by atoms with E-state index in [1.807, 2.05) is 6.92 Å². The van der Waals surface area contributed by atoms with Crippen LogP contribution in [0, 0.1) is 20.8 Å². The molecule has 3 aromatic rings. The van der Waals surface area contributed by atoms with Crippen molar-refractivity contribution in [2.45, 2.75) is 51.0 Å². The van der Waals surface area contributed by atoms with Gasteiger partial charge in [0.25, 0.3) is 0 Å². The first kappa shape index (κ1) is 18.8. The zero-order valence-electron chi connectivity index (χ0n) is 16.2. The van der Waals surface area contributed by atoms with Crippen LogP contribution >= 0.6 is 23.1 Å². The summed E-state index contributed by atoms with van der Waals surface area (Å²) in [5.74, 6) is 1.80. The Morgan fingerprint density at radius 2 is 1.89 bits per heavy atom. The minimum Gasteiger partial charge on any atom is -0.379 e. The lowest BCUT2D eigenvalue weighted by Crippen LogP contribution is -2.36. The Morgan fingerprint density at radius 1 is 1.11 bits per heavy atom. The van der Waals surface area contributed by atoms with Crippen LogP contribution in [0.3, 0.4) is 0 Å². The van der Waals surface area contributed by atoms with Crippen molar-refractivity contribution < 1.29 is 4.74 Å². The molecule has 1 saturated heterocycles. The second-order valence-electron chi connectivity index (χ2n) is 6.67. The fourth-order valence-corrected chi connectivity index (χ4v) is 5.49. The van der Waals surface area contributed by atoms with Gasteiger partial charge in [-0.1, -0.05) is 0 Å². The molecule has 4 heterocycles. The number of nitrogens with zero attached hydrogens (tertiary/aromatic N) is 6. The number of ether oxygens (including phenoxy) is 1. The maximum atomic E-state index is 5.45. The van der Waals surface area contributed by atoms with Crippen LogP contribution in [0.1, 0.15) is 29.0 Å². The number of rotatable bonds is 5. The van der Waals surface area contributed by atoms with E-state index in [0.717, 1.165) is 71.4 Å². The second-order valence-corrected chi connectivity index (χ2v) is 8.83. The molecule has 0 atom stereocenters. The van der Waals surface area contributed by atoms with Crippen LogP contribution in [-0.2, 0) is 17.8 Å². The smallest absolute Gasteiger partial charge is 0.197 e. The van der Waals surface area contributed by atoms with Crippen LogP contribution in [0.4, 0.5) is 0 Å². The van der Waals surface area contributed by atoms with E-state index in [-0.39, 0.29) is 0 Å². The Morgan fingerprint density at radius 3 is 2.63 bits per heavy atom. The maximum Gasteiger partial charge on any atom is 0.197 e. The topological polar surface area (TPSA) is 69.0 Å². The lowest BCUT2D eigenvalue weighted by atomic mass is 10.2. The largest absolute Gasteiger partial charge is 0.379 e. The minimum atomic E-state index is 0.752. The van der Waals surface area contributed by atoms with Crippen LogP contribution in [0.15, 0.2) is 10.2 Å². The van der Waals surface area contributed by atoms with Crippen molar-refractivity contribution in [3.63, 3.8) is 0 Å². The summed E-state index contributed by atoms with van der Waals surface area (Å²) in [5, 5.41) is 11.6. The van der Waals surface area contributed by atoms with Crippen molar-refractivity contribution in [2.24, 2.45) is 0 Å². The number of hydrogen-bond donors (Lipinski definition) is 0. The summed E-state index contributed by atoms with van der Waals surface area (Å²) in [6, 6.07) is 0. The van der Waals surface area contributed by atoms with E-state index in [1.54, 1.807) is 23.1 Å². The first-order chi connectivity index (χ1) is 13.1. The molecule has 0 aromatic carbocycles. The highest BCUT2D eigenvalue weighted by Crippen LogP contribution is 2.37. The third-order valence-corrected chi connectivity index (χ3v) is 6.99. The minimum absolute atomic E-state index is 0.752. The average Bonchev–Trinajstić information content (AvgIpc) is 3.15. The van der Waals surface area contributed by atoms with Gasteiger partial charge in [-0.2, -0.15) is 0 Å². The van der Waals surface area contributed by atoms with Crippen LogP contribution in [0.5, 0.6) is 0 Å². The fraction of sp³-hybridized carbons (Fsp3) is 0.556. The first-order valence-corrected chi connectivity index (χ1v) is 10.8. The predicted octanol–water partition coefficient (Wildman–Crippen LogP) is 3.21. The molecule has 1 aliphatic rings. The Balaban J connectivity index is 1.74. The molecular weight excluding hydrogens is 380 g/mol. The lowest BCUT2D eigenvalue weighted by molar-refractivity contribution is 0.0330. The van der Waals surface area contributed by atoms with Gasteiger partial charge in [0.05, 0.1) is 19.8 Å². The molecule has 0 aliphatic carbocycles. The third kappa shape index (κ3) is 3.73. The van der Waals surface area contributed by atoms with Gasteiger partial charge in [-0.3, -0.25) is 4.90 Å². The zero-order chi connectivity index (χ0) is 19.0. The molecule has 0 unspecified atom stereocenters. The summed E-state index contributed by atoms with van der Waals surface area (Å²) in [7, 11) is 0. The summed E-state index contributed by atoms with van der Waals surface area (Å²) < 4.78 is 7.57. The summed E-state index contributed by atoms with van der Waals surface area (Å²) >= 11 is 3.34. The molecule has 0 spiro atoms. The molecule has 27 heavy (non-hydrogen) atoms. The van der Waals surface area contributed by atoms with E-state index in [1.165, 1.54) is 10.4 Å². The van der Waals surface area contributed by atoms with E-state index in [4.69, 9.17) is 14.7 Å². The van der Waals surface area contributed by atoms with Gasteiger partial charge in [0.1, 0.15) is 21.5 Å².